The zero-order valence-electron chi connectivity index (χ0n) is 12.0. The Balaban J connectivity index is 2.12. The summed E-state index contributed by atoms with van der Waals surface area (Å²) < 4.78 is 3.35. The maximum absolute atomic E-state index is 4.68. The van der Waals surface area contributed by atoms with Crippen molar-refractivity contribution in [1.29, 1.82) is 0 Å². The van der Waals surface area contributed by atoms with Gasteiger partial charge in [0.05, 0.1) is 15.9 Å². The van der Waals surface area contributed by atoms with Gasteiger partial charge in [0.2, 0.25) is 0 Å². The van der Waals surface area contributed by atoms with Crippen LogP contribution in [0.4, 0.5) is 0 Å². The van der Waals surface area contributed by atoms with E-state index in [-0.39, 0.29) is 0 Å². The summed E-state index contributed by atoms with van der Waals surface area (Å²) in [6, 6.07) is 0. The monoisotopic (exact) mass is 391 g/mol. The van der Waals surface area contributed by atoms with Gasteiger partial charge in [-0.15, -0.1) is 0 Å². The van der Waals surface area contributed by atoms with Gasteiger partial charge < -0.3 is 0 Å². The van der Waals surface area contributed by atoms with Gasteiger partial charge in [0.25, 0.3) is 0 Å². The molecule has 0 bridgehead atoms. The van der Waals surface area contributed by atoms with E-state index in [1.54, 1.807) is 0 Å². The van der Waals surface area contributed by atoms with Crippen molar-refractivity contribution in [3.63, 3.8) is 0 Å². The molecule has 1 aliphatic rings. The highest BCUT2D eigenvalue weighted by molar-refractivity contribution is 9.10. The molecule has 2 unspecified atom stereocenters. The molecule has 0 saturated carbocycles. The van der Waals surface area contributed by atoms with Crippen LogP contribution < -0.4 is 0 Å². The molecule has 0 aromatic carbocycles. The van der Waals surface area contributed by atoms with Crippen LogP contribution in [0.5, 0.6) is 0 Å². The summed E-state index contributed by atoms with van der Waals surface area (Å²) in [7, 11) is 0. The first-order valence-electron chi connectivity index (χ1n) is 7.17. The predicted octanol–water partition coefficient (Wildman–Crippen LogP) is 3.83. The zero-order valence-corrected chi connectivity index (χ0v) is 15.2. The third-order valence-corrected chi connectivity index (χ3v) is 6.13. The van der Waals surface area contributed by atoms with E-state index in [9.17, 15) is 0 Å². The molecule has 1 aromatic rings. The molecule has 1 aromatic heterocycles. The van der Waals surface area contributed by atoms with E-state index in [1.807, 2.05) is 0 Å². The van der Waals surface area contributed by atoms with Crippen molar-refractivity contribution >= 4 is 31.9 Å². The van der Waals surface area contributed by atoms with Gasteiger partial charge in [-0.2, -0.15) is 5.10 Å². The lowest BCUT2D eigenvalue weighted by Gasteiger charge is -2.34. The summed E-state index contributed by atoms with van der Waals surface area (Å²) in [6.45, 7) is 10.9. The van der Waals surface area contributed by atoms with E-state index in [1.165, 1.54) is 28.8 Å². The average molecular weight is 393 g/mol. The molecule has 0 radical (unpaired) electrons. The summed E-state index contributed by atoms with van der Waals surface area (Å²) in [4.78, 5) is 3.15. The SMILES string of the molecule is CCc1nn(CC)c(CN2CCC(C)C(Br)C2)c1Br. The van der Waals surface area contributed by atoms with E-state index in [2.05, 4.69) is 67.3 Å². The molecule has 3 nitrogen and oxygen atoms in total. The van der Waals surface area contributed by atoms with E-state index < -0.39 is 0 Å². The van der Waals surface area contributed by atoms with Gasteiger partial charge in [-0.05, 0) is 48.2 Å². The summed E-state index contributed by atoms with van der Waals surface area (Å²) in [6.07, 6.45) is 2.26. The van der Waals surface area contributed by atoms with Crippen LogP contribution in [0.2, 0.25) is 0 Å². The number of rotatable bonds is 4. The number of piperidine rings is 1. The number of alkyl halides is 1. The quantitative estimate of drug-likeness (QED) is 0.726. The van der Waals surface area contributed by atoms with E-state index in [0.29, 0.717) is 4.83 Å². The summed E-state index contributed by atoms with van der Waals surface area (Å²) >= 11 is 7.54. The van der Waals surface area contributed by atoms with Gasteiger partial charge in [0.15, 0.2) is 0 Å². The van der Waals surface area contributed by atoms with Crippen LogP contribution in [0.15, 0.2) is 4.47 Å². The largest absolute Gasteiger partial charge is 0.296 e. The minimum Gasteiger partial charge on any atom is -0.296 e. The number of hydrogen-bond acceptors (Lipinski definition) is 2. The minimum absolute atomic E-state index is 0.615. The first-order valence-corrected chi connectivity index (χ1v) is 8.88. The second kappa shape index (κ2) is 6.72. The van der Waals surface area contributed by atoms with E-state index in [0.717, 1.165) is 32.0 Å². The summed E-state index contributed by atoms with van der Waals surface area (Å²) in [5.74, 6) is 0.780. The highest BCUT2D eigenvalue weighted by Gasteiger charge is 2.25. The van der Waals surface area contributed by atoms with Crippen LogP contribution in [0, 0.1) is 5.92 Å². The molecular formula is C14H23Br2N3. The molecule has 2 rings (SSSR count). The topological polar surface area (TPSA) is 21.1 Å². The smallest absolute Gasteiger partial charge is 0.0767 e. The normalized spacial score (nSPS) is 24.9. The molecule has 5 heteroatoms. The second-order valence-electron chi connectivity index (χ2n) is 5.39. The van der Waals surface area contributed by atoms with Gasteiger partial charge in [-0.25, -0.2) is 0 Å². The molecule has 1 aliphatic heterocycles. The lowest BCUT2D eigenvalue weighted by Crippen LogP contribution is -2.40. The van der Waals surface area contributed by atoms with Crippen molar-refractivity contribution in [2.75, 3.05) is 13.1 Å². The molecule has 2 heterocycles. The zero-order chi connectivity index (χ0) is 14.0. The van der Waals surface area contributed by atoms with Crippen molar-refractivity contribution < 1.29 is 0 Å². The number of likely N-dealkylation sites (tertiary alicyclic amines) is 1. The van der Waals surface area contributed by atoms with Crippen LogP contribution in [-0.4, -0.2) is 32.6 Å². The van der Waals surface area contributed by atoms with Crippen LogP contribution in [-0.2, 0) is 19.5 Å². The third-order valence-electron chi connectivity index (χ3n) is 4.02. The second-order valence-corrected chi connectivity index (χ2v) is 7.36. The minimum atomic E-state index is 0.615. The van der Waals surface area contributed by atoms with Gasteiger partial charge in [-0.1, -0.05) is 29.8 Å². The van der Waals surface area contributed by atoms with Gasteiger partial charge in [0.1, 0.15) is 0 Å². The first kappa shape index (κ1) is 15.5. The molecule has 19 heavy (non-hydrogen) atoms. The van der Waals surface area contributed by atoms with Crippen LogP contribution in [0.3, 0.4) is 0 Å². The highest BCUT2D eigenvalue weighted by atomic mass is 79.9. The van der Waals surface area contributed by atoms with Crippen molar-refractivity contribution in [3.8, 4) is 0 Å². The Morgan fingerprint density at radius 1 is 1.37 bits per heavy atom. The molecule has 0 aliphatic carbocycles. The maximum atomic E-state index is 4.68. The average Bonchev–Trinajstić information content (AvgIpc) is 2.70. The van der Waals surface area contributed by atoms with Crippen LogP contribution >= 0.6 is 31.9 Å². The Kier molecular flexibility index (Phi) is 5.49. The number of aryl methyl sites for hydroxylation is 2. The third kappa shape index (κ3) is 3.42. The molecular weight excluding hydrogens is 370 g/mol. The summed E-state index contributed by atoms with van der Waals surface area (Å²) in [5.41, 5.74) is 2.51. The van der Waals surface area contributed by atoms with E-state index in [4.69, 9.17) is 0 Å². The Labute approximate surface area is 133 Å². The molecule has 108 valence electrons. The highest BCUT2D eigenvalue weighted by Crippen LogP contribution is 2.28. The van der Waals surface area contributed by atoms with Crippen molar-refractivity contribution in [2.45, 2.75) is 51.5 Å². The van der Waals surface area contributed by atoms with Gasteiger partial charge in [0, 0.05) is 24.5 Å². The maximum Gasteiger partial charge on any atom is 0.0767 e. The fraction of sp³-hybridized carbons (Fsp3) is 0.786. The molecule has 2 atom stereocenters. The van der Waals surface area contributed by atoms with Crippen molar-refractivity contribution in [1.82, 2.24) is 14.7 Å². The predicted molar refractivity (Wildman–Crippen MR) is 86.8 cm³/mol. The van der Waals surface area contributed by atoms with Gasteiger partial charge >= 0.3 is 0 Å². The van der Waals surface area contributed by atoms with Crippen LogP contribution in [0.25, 0.3) is 0 Å². The lowest BCUT2D eigenvalue weighted by molar-refractivity contribution is 0.189. The fourth-order valence-corrected chi connectivity index (χ4v) is 3.97. The first-order chi connectivity index (χ1) is 9.06. The molecule has 1 saturated heterocycles. The number of nitrogens with zero attached hydrogens (tertiary/aromatic N) is 3. The Bertz CT molecular complexity index is 431. The Morgan fingerprint density at radius 2 is 2.11 bits per heavy atom. The molecule has 0 spiro atoms. The lowest BCUT2D eigenvalue weighted by atomic mass is 9.99. The molecule has 1 fully saturated rings. The van der Waals surface area contributed by atoms with Crippen LogP contribution in [0.1, 0.15) is 38.6 Å². The van der Waals surface area contributed by atoms with E-state index >= 15 is 0 Å². The number of halogens is 2. The van der Waals surface area contributed by atoms with Crippen molar-refractivity contribution in [3.05, 3.63) is 15.9 Å². The van der Waals surface area contributed by atoms with Crippen molar-refractivity contribution in [2.24, 2.45) is 5.92 Å². The Morgan fingerprint density at radius 3 is 2.68 bits per heavy atom. The number of aromatic nitrogens is 2. The standard InChI is InChI=1S/C14H23Br2N3/c1-4-12-14(16)13(19(5-2)17-12)9-18-7-6-10(3)11(15)8-18/h10-11H,4-9H2,1-3H3. The number of hydrogen-bond donors (Lipinski definition) is 0. The summed E-state index contributed by atoms with van der Waals surface area (Å²) in [5, 5.41) is 4.68. The Hall–Kier alpha value is 0.130. The van der Waals surface area contributed by atoms with Gasteiger partial charge in [-0.3, -0.25) is 9.58 Å². The molecule has 0 amide bonds. The molecule has 0 N–H and O–H groups in total. The fourth-order valence-electron chi connectivity index (χ4n) is 2.61.